The van der Waals surface area contributed by atoms with Crippen molar-refractivity contribution in [1.82, 2.24) is 0 Å². The van der Waals surface area contributed by atoms with Crippen LogP contribution in [0.15, 0.2) is 78.9 Å². The summed E-state index contributed by atoms with van der Waals surface area (Å²) in [6.45, 7) is 1.72. The Kier molecular flexibility index (Phi) is 7.80. The summed E-state index contributed by atoms with van der Waals surface area (Å²) >= 11 is 0. The standard InChI is InChI=1S/C34H32N2O7/c1-2-16-42-33(40)21-8-12-24(13-9-21)35-28(37)19-43-34(41)22-10-14-25(15-11-22)36-31(38)29-23-17-26(20-6-4-3-5-7-20)27(18-23)30(29)32(36)39/h3-15,23,26-27,29-30H,2,16-19H2,1H3,(H,35,37)/t23-,26-,27+,29+,30+/m0/s1. The molecule has 3 aromatic rings. The fraction of sp³-hybridized carbons (Fsp3) is 0.324. The molecule has 0 aromatic heterocycles. The van der Waals surface area contributed by atoms with Crippen LogP contribution in [0.3, 0.4) is 0 Å². The highest BCUT2D eigenvalue weighted by atomic mass is 16.5. The van der Waals surface area contributed by atoms with Crippen molar-refractivity contribution in [1.29, 1.82) is 0 Å². The number of carbonyl (C=O) groups excluding carboxylic acids is 5. The molecule has 9 heteroatoms. The highest BCUT2D eigenvalue weighted by Crippen LogP contribution is 2.61. The Bertz CT molecular complexity index is 1550. The first-order valence-electron chi connectivity index (χ1n) is 14.6. The maximum atomic E-state index is 13.6. The summed E-state index contributed by atoms with van der Waals surface area (Å²) < 4.78 is 10.2. The van der Waals surface area contributed by atoms with Crippen LogP contribution in [-0.2, 0) is 23.9 Å². The van der Waals surface area contributed by atoms with Gasteiger partial charge in [0, 0.05) is 5.69 Å². The second-order valence-electron chi connectivity index (χ2n) is 11.4. The van der Waals surface area contributed by atoms with Gasteiger partial charge in [0.1, 0.15) is 0 Å². The molecular formula is C34H32N2O7. The van der Waals surface area contributed by atoms with Crippen LogP contribution in [0.4, 0.5) is 11.4 Å². The lowest BCUT2D eigenvalue weighted by atomic mass is 9.73. The quantitative estimate of drug-likeness (QED) is 0.280. The number of anilines is 2. The molecule has 1 saturated heterocycles. The first-order valence-corrected chi connectivity index (χ1v) is 14.6. The molecule has 1 aliphatic heterocycles. The summed E-state index contributed by atoms with van der Waals surface area (Å²) in [6, 6.07) is 22.5. The Labute approximate surface area is 249 Å². The number of esters is 2. The van der Waals surface area contributed by atoms with Gasteiger partial charge in [0.25, 0.3) is 5.91 Å². The van der Waals surface area contributed by atoms with E-state index < -0.39 is 24.5 Å². The van der Waals surface area contributed by atoms with E-state index in [2.05, 4.69) is 17.4 Å². The fourth-order valence-corrected chi connectivity index (χ4v) is 6.92. The second kappa shape index (κ2) is 11.8. The van der Waals surface area contributed by atoms with E-state index >= 15 is 0 Å². The molecule has 2 saturated carbocycles. The van der Waals surface area contributed by atoms with Crippen molar-refractivity contribution in [2.45, 2.75) is 32.1 Å². The molecule has 6 rings (SSSR count). The topological polar surface area (TPSA) is 119 Å². The van der Waals surface area contributed by atoms with E-state index in [0.29, 0.717) is 23.5 Å². The zero-order valence-corrected chi connectivity index (χ0v) is 23.7. The second-order valence-corrected chi connectivity index (χ2v) is 11.4. The summed E-state index contributed by atoms with van der Waals surface area (Å²) in [4.78, 5) is 65.1. The number of benzene rings is 3. The molecule has 0 spiro atoms. The van der Waals surface area contributed by atoms with Crippen molar-refractivity contribution in [3.05, 3.63) is 95.6 Å². The summed E-state index contributed by atoms with van der Waals surface area (Å²) in [6.07, 6.45) is 2.54. The lowest BCUT2D eigenvalue weighted by molar-refractivity contribution is -0.123. The Morgan fingerprint density at radius 3 is 2.09 bits per heavy atom. The van der Waals surface area contributed by atoms with Crippen LogP contribution in [-0.4, -0.2) is 42.9 Å². The summed E-state index contributed by atoms with van der Waals surface area (Å²) in [7, 11) is 0. The van der Waals surface area contributed by atoms with Crippen LogP contribution >= 0.6 is 0 Å². The van der Waals surface area contributed by atoms with E-state index in [1.54, 1.807) is 24.3 Å². The molecule has 1 N–H and O–H groups in total. The molecule has 2 aliphatic carbocycles. The van der Waals surface area contributed by atoms with Gasteiger partial charge >= 0.3 is 11.9 Å². The van der Waals surface area contributed by atoms with Crippen molar-refractivity contribution in [3.63, 3.8) is 0 Å². The predicted octanol–water partition coefficient (Wildman–Crippen LogP) is 4.98. The lowest BCUT2D eigenvalue weighted by Crippen LogP contribution is -2.33. The molecule has 9 nitrogen and oxygen atoms in total. The van der Waals surface area contributed by atoms with E-state index in [1.807, 2.05) is 25.1 Å². The molecule has 3 aliphatic rings. The number of nitrogens with one attached hydrogen (secondary N) is 1. The molecule has 3 fully saturated rings. The third-order valence-electron chi connectivity index (χ3n) is 8.78. The Hall–Kier alpha value is -4.79. The molecule has 5 atom stereocenters. The zero-order chi connectivity index (χ0) is 30.1. The van der Waals surface area contributed by atoms with Gasteiger partial charge in [-0.25, -0.2) is 9.59 Å². The van der Waals surface area contributed by atoms with Gasteiger partial charge in [-0.2, -0.15) is 0 Å². The van der Waals surface area contributed by atoms with Crippen LogP contribution in [0.2, 0.25) is 0 Å². The Morgan fingerprint density at radius 1 is 0.791 bits per heavy atom. The van der Waals surface area contributed by atoms with Crippen LogP contribution in [0, 0.1) is 23.7 Å². The highest BCUT2D eigenvalue weighted by Gasteiger charge is 2.64. The molecule has 0 radical (unpaired) electrons. The maximum Gasteiger partial charge on any atom is 0.338 e. The SMILES string of the molecule is CCCOC(=O)c1ccc(NC(=O)COC(=O)c2ccc(N3C(=O)[C@@H]4[C@@H]5C[C@@H]([C@H]4C3=O)[C@H](c3ccccc3)C5)cc2)cc1. The minimum atomic E-state index is -0.713. The van der Waals surface area contributed by atoms with Crippen LogP contribution in [0.25, 0.3) is 0 Å². The Morgan fingerprint density at radius 2 is 1.42 bits per heavy atom. The van der Waals surface area contributed by atoms with Crippen molar-refractivity contribution in [2.75, 3.05) is 23.4 Å². The number of hydrogen-bond donors (Lipinski definition) is 1. The molecule has 1 heterocycles. The van der Waals surface area contributed by atoms with Crippen LogP contribution in [0.1, 0.15) is 58.4 Å². The van der Waals surface area contributed by atoms with Gasteiger partial charge in [-0.15, -0.1) is 0 Å². The van der Waals surface area contributed by atoms with Crippen molar-refractivity contribution >= 4 is 41.0 Å². The number of ether oxygens (including phenoxy) is 2. The number of fused-ring (bicyclic) bond motifs is 5. The Balaban J connectivity index is 1.04. The summed E-state index contributed by atoms with van der Waals surface area (Å²) in [5.74, 6) is -1.99. The molecule has 220 valence electrons. The molecule has 3 aromatic carbocycles. The van der Waals surface area contributed by atoms with Gasteiger partial charge in [0.2, 0.25) is 11.8 Å². The number of imide groups is 1. The third kappa shape index (κ3) is 5.43. The van der Waals surface area contributed by atoms with E-state index in [9.17, 15) is 24.0 Å². The molecule has 2 bridgehead atoms. The molecular weight excluding hydrogens is 548 g/mol. The summed E-state index contributed by atoms with van der Waals surface area (Å²) in [5.41, 5.74) is 2.65. The van der Waals surface area contributed by atoms with Crippen molar-refractivity contribution in [3.8, 4) is 0 Å². The molecule has 3 amide bonds. The summed E-state index contributed by atoms with van der Waals surface area (Å²) in [5, 5.41) is 2.61. The van der Waals surface area contributed by atoms with Gasteiger partial charge in [-0.1, -0.05) is 37.3 Å². The van der Waals surface area contributed by atoms with Crippen LogP contribution in [0.5, 0.6) is 0 Å². The number of carbonyl (C=O) groups is 5. The zero-order valence-electron chi connectivity index (χ0n) is 23.7. The predicted molar refractivity (Wildman–Crippen MR) is 157 cm³/mol. The smallest absolute Gasteiger partial charge is 0.338 e. The van der Waals surface area contributed by atoms with E-state index in [-0.39, 0.29) is 47.0 Å². The minimum absolute atomic E-state index is 0.152. The fourth-order valence-electron chi connectivity index (χ4n) is 6.92. The first-order chi connectivity index (χ1) is 20.9. The maximum absolute atomic E-state index is 13.6. The van der Waals surface area contributed by atoms with Gasteiger partial charge in [-0.05, 0) is 91.1 Å². The highest BCUT2D eigenvalue weighted by molar-refractivity contribution is 6.22. The number of rotatable bonds is 9. The first kappa shape index (κ1) is 28.3. The van der Waals surface area contributed by atoms with Crippen molar-refractivity contribution in [2.24, 2.45) is 23.7 Å². The average molecular weight is 581 g/mol. The lowest BCUT2D eigenvalue weighted by Gasteiger charge is -2.28. The average Bonchev–Trinajstić information content (AvgIpc) is 3.70. The van der Waals surface area contributed by atoms with Gasteiger partial charge in [0.15, 0.2) is 6.61 Å². The largest absolute Gasteiger partial charge is 0.462 e. The van der Waals surface area contributed by atoms with E-state index in [4.69, 9.17) is 9.47 Å². The van der Waals surface area contributed by atoms with Crippen molar-refractivity contribution < 1.29 is 33.4 Å². The van der Waals surface area contributed by atoms with Gasteiger partial charge in [0.05, 0.1) is 35.3 Å². The van der Waals surface area contributed by atoms with Gasteiger partial charge in [-0.3, -0.25) is 19.3 Å². The third-order valence-corrected chi connectivity index (χ3v) is 8.78. The molecule has 0 unspecified atom stereocenters. The van der Waals surface area contributed by atoms with E-state index in [0.717, 1.165) is 19.3 Å². The monoisotopic (exact) mass is 580 g/mol. The van der Waals surface area contributed by atoms with E-state index in [1.165, 1.54) is 34.7 Å². The number of amides is 3. The molecule has 43 heavy (non-hydrogen) atoms. The normalized spacial score (nSPS) is 23.7. The number of hydrogen-bond acceptors (Lipinski definition) is 7. The van der Waals surface area contributed by atoms with Gasteiger partial charge < -0.3 is 14.8 Å². The minimum Gasteiger partial charge on any atom is -0.462 e. The number of nitrogens with zero attached hydrogens (tertiary/aromatic N) is 1. The van der Waals surface area contributed by atoms with Crippen LogP contribution < -0.4 is 10.2 Å².